The number of hydrogen-bond acceptors (Lipinski definition) is 2. The van der Waals surface area contributed by atoms with Crippen molar-refractivity contribution in [2.75, 3.05) is 6.54 Å². The molecule has 0 aromatic heterocycles. The number of carbonyl (C=O) groups excluding carboxylic acids is 1. The average molecular weight is 297 g/mol. The summed E-state index contributed by atoms with van der Waals surface area (Å²) in [5.74, 6) is 0.0276. The van der Waals surface area contributed by atoms with Crippen molar-refractivity contribution in [3.05, 3.63) is 35.4 Å². The second-order valence-electron chi connectivity index (χ2n) is 5.71. The first kappa shape index (κ1) is 17.0. The van der Waals surface area contributed by atoms with Crippen LogP contribution in [-0.4, -0.2) is 18.0 Å². The molecule has 3 N–H and O–H groups in total. The van der Waals surface area contributed by atoms with E-state index in [1.165, 1.54) is 17.5 Å². The van der Waals surface area contributed by atoms with Crippen LogP contribution in [0.1, 0.15) is 43.2 Å². The second kappa shape index (κ2) is 7.65. The summed E-state index contributed by atoms with van der Waals surface area (Å²) in [6, 6.07) is 8.39. The molecule has 20 heavy (non-hydrogen) atoms. The van der Waals surface area contributed by atoms with Gasteiger partial charge in [-0.2, -0.15) is 0 Å². The molecule has 1 fully saturated rings. The lowest BCUT2D eigenvalue weighted by Gasteiger charge is -2.31. The van der Waals surface area contributed by atoms with Crippen LogP contribution in [0.2, 0.25) is 0 Å². The molecule has 1 aliphatic rings. The van der Waals surface area contributed by atoms with E-state index in [9.17, 15) is 4.79 Å². The van der Waals surface area contributed by atoms with Crippen LogP contribution in [-0.2, 0) is 11.2 Å². The molecule has 4 heteroatoms. The summed E-state index contributed by atoms with van der Waals surface area (Å²) in [7, 11) is 0. The normalized spacial score (nSPS) is 17.1. The lowest BCUT2D eigenvalue weighted by molar-refractivity contribution is -0.127. The third kappa shape index (κ3) is 4.50. The lowest BCUT2D eigenvalue weighted by atomic mass is 9.82. The minimum atomic E-state index is -0.620. The van der Waals surface area contributed by atoms with E-state index < -0.39 is 5.54 Å². The molecule has 0 spiro atoms. The molecule has 112 valence electrons. The molecular formula is C16H25ClN2O. The van der Waals surface area contributed by atoms with E-state index in [1.54, 1.807) is 0 Å². The van der Waals surface area contributed by atoms with Gasteiger partial charge in [0.25, 0.3) is 0 Å². The zero-order valence-electron chi connectivity index (χ0n) is 12.2. The summed E-state index contributed by atoms with van der Waals surface area (Å²) in [4.78, 5) is 12.1. The first-order valence-electron chi connectivity index (χ1n) is 7.23. The van der Waals surface area contributed by atoms with Gasteiger partial charge in [-0.15, -0.1) is 12.4 Å². The Morgan fingerprint density at radius 3 is 2.65 bits per heavy atom. The van der Waals surface area contributed by atoms with Crippen molar-refractivity contribution in [2.45, 2.75) is 51.0 Å². The number of hydrogen-bond donors (Lipinski definition) is 2. The van der Waals surface area contributed by atoms with Crippen molar-refractivity contribution in [3.63, 3.8) is 0 Å². The molecule has 0 unspecified atom stereocenters. The Morgan fingerprint density at radius 1 is 1.30 bits per heavy atom. The third-order valence-electron chi connectivity index (χ3n) is 3.98. The number of carbonyl (C=O) groups is 1. The van der Waals surface area contributed by atoms with Gasteiger partial charge in [0.1, 0.15) is 0 Å². The summed E-state index contributed by atoms with van der Waals surface area (Å²) in [5.41, 5.74) is 8.09. The van der Waals surface area contributed by atoms with E-state index in [2.05, 4.69) is 36.5 Å². The van der Waals surface area contributed by atoms with Gasteiger partial charge in [-0.25, -0.2) is 0 Å². The highest BCUT2D eigenvalue weighted by Crippen LogP contribution is 2.25. The quantitative estimate of drug-likeness (QED) is 0.897. The predicted molar refractivity (Wildman–Crippen MR) is 85.1 cm³/mol. The number of nitrogens with one attached hydrogen (secondary N) is 1. The molecule has 1 aromatic rings. The first-order chi connectivity index (χ1) is 9.10. The fraction of sp³-hybridized carbons (Fsp3) is 0.562. The van der Waals surface area contributed by atoms with Gasteiger partial charge in [-0.1, -0.05) is 49.1 Å². The maximum Gasteiger partial charge on any atom is 0.240 e. The molecule has 1 aromatic carbocycles. The van der Waals surface area contributed by atoms with Crippen LogP contribution in [0.5, 0.6) is 0 Å². The number of amides is 1. The molecule has 3 nitrogen and oxygen atoms in total. The van der Waals surface area contributed by atoms with E-state index in [1.807, 2.05) is 0 Å². The Bertz CT molecular complexity index is 442. The Kier molecular flexibility index (Phi) is 6.50. The fourth-order valence-electron chi connectivity index (χ4n) is 2.77. The second-order valence-corrected chi connectivity index (χ2v) is 5.71. The van der Waals surface area contributed by atoms with Gasteiger partial charge in [-0.05, 0) is 31.7 Å². The molecule has 2 rings (SSSR count). The number of halogens is 1. The number of nitrogens with two attached hydrogens (primary N) is 1. The van der Waals surface area contributed by atoms with Crippen molar-refractivity contribution in [1.82, 2.24) is 5.32 Å². The number of rotatable bonds is 4. The minimum absolute atomic E-state index is 0. The molecular weight excluding hydrogens is 272 g/mol. The summed E-state index contributed by atoms with van der Waals surface area (Å²) in [6.07, 6.45) is 5.86. The van der Waals surface area contributed by atoms with Gasteiger partial charge < -0.3 is 11.1 Å². The van der Waals surface area contributed by atoms with Crippen molar-refractivity contribution in [2.24, 2.45) is 5.73 Å². The Hall–Kier alpha value is -1.06. The smallest absolute Gasteiger partial charge is 0.240 e. The molecule has 0 atom stereocenters. The molecule has 0 bridgehead atoms. The maximum absolute atomic E-state index is 12.1. The van der Waals surface area contributed by atoms with E-state index in [4.69, 9.17) is 5.73 Å². The molecule has 1 saturated carbocycles. The topological polar surface area (TPSA) is 55.1 Å². The molecule has 0 radical (unpaired) electrons. The van der Waals surface area contributed by atoms with Crippen LogP contribution < -0.4 is 11.1 Å². The summed E-state index contributed by atoms with van der Waals surface area (Å²) < 4.78 is 0. The SMILES string of the molecule is Cc1cccc(CCNC(=O)C2(N)CCCCC2)c1.Cl. The number of aryl methyl sites for hydroxylation is 1. The lowest BCUT2D eigenvalue weighted by Crippen LogP contribution is -2.55. The highest BCUT2D eigenvalue weighted by atomic mass is 35.5. The fourth-order valence-corrected chi connectivity index (χ4v) is 2.77. The highest BCUT2D eigenvalue weighted by molar-refractivity contribution is 5.86. The first-order valence-corrected chi connectivity index (χ1v) is 7.23. The molecule has 0 heterocycles. The molecule has 1 amide bonds. The standard InChI is InChI=1S/C16H24N2O.ClH/c1-13-6-5-7-14(12-13)8-11-18-15(19)16(17)9-3-2-4-10-16;/h5-7,12H,2-4,8-11,17H2,1H3,(H,18,19);1H. The van der Waals surface area contributed by atoms with Crippen LogP contribution in [0.3, 0.4) is 0 Å². The van der Waals surface area contributed by atoms with Gasteiger partial charge in [0.15, 0.2) is 0 Å². The zero-order valence-corrected chi connectivity index (χ0v) is 13.0. The Labute approximate surface area is 127 Å². The summed E-state index contributed by atoms with van der Waals surface area (Å²) >= 11 is 0. The van der Waals surface area contributed by atoms with Crippen LogP contribution in [0.15, 0.2) is 24.3 Å². The van der Waals surface area contributed by atoms with Crippen molar-refractivity contribution < 1.29 is 4.79 Å². The monoisotopic (exact) mass is 296 g/mol. The van der Waals surface area contributed by atoms with Gasteiger partial charge in [0.2, 0.25) is 5.91 Å². The Balaban J connectivity index is 0.00000200. The van der Waals surface area contributed by atoms with Crippen LogP contribution in [0.25, 0.3) is 0 Å². The maximum atomic E-state index is 12.1. The van der Waals surface area contributed by atoms with Gasteiger partial charge in [0, 0.05) is 6.54 Å². The Morgan fingerprint density at radius 2 is 2.00 bits per heavy atom. The molecule has 1 aliphatic carbocycles. The van der Waals surface area contributed by atoms with Gasteiger partial charge in [-0.3, -0.25) is 4.79 Å². The van der Waals surface area contributed by atoms with Crippen molar-refractivity contribution >= 4 is 18.3 Å². The van der Waals surface area contributed by atoms with E-state index in [-0.39, 0.29) is 18.3 Å². The highest BCUT2D eigenvalue weighted by Gasteiger charge is 2.34. The molecule has 0 saturated heterocycles. The van der Waals surface area contributed by atoms with E-state index >= 15 is 0 Å². The predicted octanol–water partition coefficient (Wildman–Crippen LogP) is 2.74. The third-order valence-corrected chi connectivity index (χ3v) is 3.98. The van der Waals surface area contributed by atoms with Crippen molar-refractivity contribution in [3.8, 4) is 0 Å². The minimum Gasteiger partial charge on any atom is -0.354 e. The average Bonchev–Trinajstić information content (AvgIpc) is 2.39. The number of benzene rings is 1. The van der Waals surface area contributed by atoms with Crippen molar-refractivity contribution in [1.29, 1.82) is 0 Å². The van der Waals surface area contributed by atoms with Gasteiger partial charge in [0.05, 0.1) is 5.54 Å². The van der Waals surface area contributed by atoms with Crippen LogP contribution in [0, 0.1) is 6.92 Å². The van der Waals surface area contributed by atoms with E-state index in [0.717, 1.165) is 32.1 Å². The largest absolute Gasteiger partial charge is 0.354 e. The van der Waals surface area contributed by atoms with Gasteiger partial charge >= 0.3 is 0 Å². The zero-order chi connectivity index (χ0) is 13.7. The van der Waals surface area contributed by atoms with E-state index in [0.29, 0.717) is 6.54 Å². The van der Waals surface area contributed by atoms with Crippen LogP contribution >= 0.6 is 12.4 Å². The van der Waals surface area contributed by atoms with Crippen LogP contribution in [0.4, 0.5) is 0 Å². The summed E-state index contributed by atoms with van der Waals surface area (Å²) in [5, 5.41) is 3.00. The summed E-state index contributed by atoms with van der Waals surface area (Å²) in [6.45, 7) is 2.75. The molecule has 0 aliphatic heterocycles.